The molecule has 160 valence electrons. The lowest BCUT2D eigenvalue weighted by Crippen LogP contribution is -2.57. The van der Waals surface area contributed by atoms with Gasteiger partial charge >= 0.3 is 0 Å². The molecule has 2 fully saturated rings. The highest BCUT2D eigenvalue weighted by Gasteiger charge is 2.36. The summed E-state index contributed by atoms with van der Waals surface area (Å²) >= 11 is 5.45. The van der Waals surface area contributed by atoms with Crippen LogP contribution in [0, 0.1) is 10.7 Å². The van der Waals surface area contributed by atoms with Crippen molar-refractivity contribution in [1.82, 2.24) is 33.3 Å². The molecule has 0 aliphatic carbocycles. The van der Waals surface area contributed by atoms with Crippen LogP contribution in [0.25, 0.3) is 0 Å². The zero-order valence-electron chi connectivity index (χ0n) is 17.1. The number of ether oxygens (including phenoxy) is 1. The van der Waals surface area contributed by atoms with Crippen molar-refractivity contribution in [2.45, 2.75) is 53.1 Å². The van der Waals surface area contributed by atoms with Gasteiger partial charge in [-0.15, -0.1) is 0 Å². The van der Waals surface area contributed by atoms with Crippen molar-refractivity contribution in [2.24, 2.45) is 5.92 Å². The maximum atomic E-state index is 13.0. The van der Waals surface area contributed by atoms with Gasteiger partial charge in [-0.3, -0.25) is 4.90 Å². The predicted octanol–water partition coefficient (Wildman–Crippen LogP) is 0.394. The van der Waals surface area contributed by atoms with Crippen molar-refractivity contribution in [3.63, 3.8) is 0 Å². The fraction of sp³-hybridized carbons (Fsp3) is 0.938. The summed E-state index contributed by atoms with van der Waals surface area (Å²) in [6, 6.07) is 0. The normalized spacial score (nSPS) is 26.2. The summed E-state index contributed by atoms with van der Waals surface area (Å²) in [6.45, 7) is 12.3. The first-order valence-corrected chi connectivity index (χ1v) is 11.6. The highest BCUT2D eigenvalue weighted by molar-refractivity contribution is 7.86. The van der Waals surface area contributed by atoms with Crippen LogP contribution in [0.4, 0.5) is 0 Å². The van der Waals surface area contributed by atoms with Gasteiger partial charge in [0.1, 0.15) is 0 Å². The molecule has 2 unspecified atom stereocenters. The Morgan fingerprint density at radius 2 is 1.61 bits per heavy atom. The molecule has 28 heavy (non-hydrogen) atoms. The molecule has 2 aliphatic rings. The Balaban J connectivity index is 1.57. The minimum absolute atomic E-state index is 0.0878. The first-order chi connectivity index (χ1) is 13.2. The lowest BCUT2D eigenvalue weighted by molar-refractivity contribution is -0.0458. The van der Waals surface area contributed by atoms with E-state index in [1.807, 2.05) is 13.8 Å². The van der Waals surface area contributed by atoms with Gasteiger partial charge in [-0.2, -0.15) is 17.0 Å². The minimum Gasteiger partial charge on any atom is -0.373 e. The van der Waals surface area contributed by atoms with Crippen LogP contribution in [0.1, 0.15) is 27.7 Å². The molecule has 2 atom stereocenters. The van der Waals surface area contributed by atoms with E-state index in [0.717, 1.165) is 6.54 Å². The van der Waals surface area contributed by atoms with Crippen molar-refractivity contribution >= 4 is 22.4 Å². The monoisotopic (exact) mass is 433 g/mol. The molecule has 1 aromatic heterocycles. The van der Waals surface area contributed by atoms with Crippen LogP contribution in [0.3, 0.4) is 0 Å². The molecule has 10 nitrogen and oxygen atoms in total. The SMILES string of the molecule is CC(C)Cn1nnn(CN2CCN(S(=O)(=O)N3CC(C)OC(C)C3)CC2)c1=S. The van der Waals surface area contributed by atoms with E-state index in [1.165, 1.54) is 0 Å². The third-order valence-electron chi connectivity index (χ3n) is 4.94. The second kappa shape index (κ2) is 8.84. The van der Waals surface area contributed by atoms with Gasteiger partial charge in [0, 0.05) is 45.8 Å². The Morgan fingerprint density at radius 1 is 1.04 bits per heavy atom. The Labute approximate surface area is 172 Å². The van der Waals surface area contributed by atoms with Gasteiger partial charge < -0.3 is 4.74 Å². The summed E-state index contributed by atoms with van der Waals surface area (Å²) in [4.78, 5) is 2.15. The summed E-state index contributed by atoms with van der Waals surface area (Å²) in [5.41, 5.74) is 0. The van der Waals surface area contributed by atoms with E-state index in [1.54, 1.807) is 18.0 Å². The van der Waals surface area contributed by atoms with E-state index in [9.17, 15) is 8.42 Å². The van der Waals surface area contributed by atoms with Crippen LogP contribution >= 0.6 is 12.2 Å². The van der Waals surface area contributed by atoms with Crippen molar-refractivity contribution in [2.75, 3.05) is 39.3 Å². The highest BCUT2D eigenvalue weighted by Crippen LogP contribution is 2.19. The predicted molar refractivity (Wildman–Crippen MR) is 107 cm³/mol. The standard InChI is InChI=1S/C16H31N7O3S2/c1-13(2)9-22-16(27)23(18-17-22)12-19-5-7-20(8-6-19)28(24,25)21-10-14(3)26-15(4)11-21/h13-15H,5-12H2,1-4H3. The Morgan fingerprint density at radius 3 is 2.18 bits per heavy atom. The number of aromatic nitrogens is 4. The minimum atomic E-state index is -3.46. The van der Waals surface area contributed by atoms with Crippen molar-refractivity contribution in [3.05, 3.63) is 4.77 Å². The molecule has 0 saturated carbocycles. The third-order valence-corrected chi connectivity index (χ3v) is 7.33. The lowest BCUT2D eigenvalue weighted by atomic mass is 10.2. The average molecular weight is 434 g/mol. The van der Waals surface area contributed by atoms with E-state index in [-0.39, 0.29) is 12.2 Å². The van der Waals surface area contributed by atoms with Crippen molar-refractivity contribution in [3.8, 4) is 0 Å². The molecule has 0 bridgehead atoms. The summed E-state index contributed by atoms with van der Waals surface area (Å²) in [5, 5.41) is 8.28. The van der Waals surface area contributed by atoms with Gasteiger partial charge in [0.25, 0.3) is 10.2 Å². The third kappa shape index (κ3) is 4.97. The van der Waals surface area contributed by atoms with Gasteiger partial charge in [0.05, 0.1) is 18.9 Å². The molecule has 0 aromatic carbocycles. The fourth-order valence-electron chi connectivity index (χ4n) is 3.63. The maximum absolute atomic E-state index is 13.0. The number of piperazine rings is 1. The van der Waals surface area contributed by atoms with Crippen molar-refractivity contribution < 1.29 is 13.2 Å². The molecule has 1 aromatic rings. The van der Waals surface area contributed by atoms with E-state index < -0.39 is 10.2 Å². The maximum Gasteiger partial charge on any atom is 0.282 e. The van der Waals surface area contributed by atoms with E-state index in [4.69, 9.17) is 17.0 Å². The molecule has 3 rings (SSSR count). The van der Waals surface area contributed by atoms with Gasteiger partial charge in [0.15, 0.2) is 0 Å². The molecule has 0 N–H and O–H groups in total. The van der Waals surface area contributed by atoms with E-state index in [2.05, 4.69) is 29.2 Å². The number of hydrogen-bond donors (Lipinski definition) is 0. The molecular weight excluding hydrogens is 402 g/mol. The Hall–Kier alpha value is -0.920. The quantitative estimate of drug-likeness (QED) is 0.600. The van der Waals surface area contributed by atoms with E-state index in [0.29, 0.717) is 56.6 Å². The highest BCUT2D eigenvalue weighted by atomic mass is 32.2. The van der Waals surface area contributed by atoms with Crippen molar-refractivity contribution in [1.29, 1.82) is 0 Å². The van der Waals surface area contributed by atoms with Gasteiger partial charge in [-0.25, -0.2) is 9.36 Å². The number of hydrogen-bond acceptors (Lipinski definition) is 7. The Bertz CT molecular complexity index is 804. The lowest BCUT2D eigenvalue weighted by Gasteiger charge is -2.40. The molecule has 0 amide bonds. The zero-order valence-corrected chi connectivity index (χ0v) is 18.7. The average Bonchev–Trinajstić information content (AvgIpc) is 2.94. The van der Waals surface area contributed by atoms with Crippen LogP contribution in [0.5, 0.6) is 0 Å². The summed E-state index contributed by atoms with van der Waals surface area (Å²) < 4.78 is 38.8. The first kappa shape index (κ1) is 21.8. The van der Waals surface area contributed by atoms with Crippen LogP contribution < -0.4 is 0 Å². The molecule has 2 saturated heterocycles. The van der Waals surface area contributed by atoms with E-state index >= 15 is 0 Å². The van der Waals surface area contributed by atoms with Gasteiger partial charge in [-0.1, -0.05) is 13.8 Å². The molecule has 3 heterocycles. The Kier molecular flexibility index (Phi) is 6.88. The molecule has 0 radical (unpaired) electrons. The molecule has 2 aliphatic heterocycles. The summed E-state index contributed by atoms with van der Waals surface area (Å²) in [7, 11) is -3.46. The number of tetrazole rings is 1. The topological polar surface area (TPSA) is 88.7 Å². The van der Waals surface area contributed by atoms with Gasteiger partial charge in [-0.05, 0) is 42.4 Å². The molecule has 12 heteroatoms. The zero-order chi connectivity index (χ0) is 20.5. The number of nitrogens with zero attached hydrogens (tertiary/aromatic N) is 7. The summed E-state index contributed by atoms with van der Waals surface area (Å²) in [5.74, 6) is 0.441. The van der Waals surface area contributed by atoms with Crippen LogP contribution in [0.2, 0.25) is 0 Å². The number of morpholine rings is 1. The molecular formula is C16H31N7O3S2. The van der Waals surface area contributed by atoms with Crippen LogP contribution in [0.15, 0.2) is 0 Å². The van der Waals surface area contributed by atoms with Gasteiger partial charge in [0.2, 0.25) is 4.77 Å². The second-order valence-corrected chi connectivity index (χ2v) is 10.4. The summed E-state index contributed by atoms with van der Waals surface area (Å²) in [6.07, 6.45) is -0.176. The largest absolute Gasteiger partial charge is 0.373 e. The van der Waals surface area contributed by atoms with Crippen LogP contribution in [-0.4, -0.2) is 93.2 Å². The first-order valence-electron chi connectivity index (χ1n) is 9.80. The number of rotatable bonds is 6. The second-order valence-electron chi connectivity index (χ2n) is 8.08. The van der Waals surface area contributed by atoms with Crippen LogP contribution in [-0.2, 0) is 28.2 Å². The fourth-order valence-corrected chi connectivity index (χ4v) is 5.58. The molecule has 0 spiro atoms. The smallest absolute Gasteiger partial charge is 0.282 e.